The number of hydrogen-bond acceptors (Lipinski definition) is 4. The fourth-order valence-corrected chi connectivity index (χ4v) is 1.64. The second-order valence-electron chi connectivity index (χ2n) is 3.45. The van der Waals surface area contributed by atoms with Crippen LogP contribution in [0.1, 0.15) is 16.7 Å². The maximum absolute atomic E-state index is 10.1. The van der Waals surface area contributed by atoms with Gasteiger partial charge in [0.05, 0.1) is 6.54 Å². The average Bonchev–Trinajstić information content (AvgIpc) is 2.70. The molecule has 0 aromatic heterocycles. The fraction of sp³-hybridized carbons (Fsp3) is 0.364. The molecule has 78 valence electrons. The number of aryl methyl sites for hydroxylation is 1. The number of fused-ring (bicyclic) bond motifs is 1. The van der Waals surface area contributed by atoms with E-state index in [0.717, 1.165) is 22.4 Å². The molecule has 1 aliphatic heterocycles. The lowest BCUT2D eigenvalue weighted by molar-refractivity contribution is 0.173. The molecule has 1 aromatic rings. The van der Waals surface area contributed by atoms with Gasteiger partial charge in [0.25, 0.3) is 0 Å². The van der Waals surface area contributed by atoms with Gasteiger partial charge >= 0.3 is 0 Å². The quantitative estimate of drug-likeness (QED) is 0.547. The van der Waals surface area contributed by atoms with Gasteiger partial charge in [0.1, 0.15) is 0 Å². The molecule has 0 unspecified atom stereocenters. The highest BCUT2D eigenvalue weighted by atomic mass is 16.7. The number of rotatable bonds is 2. The van der Waals surface area contributed by atoms with Gasteiger partial charge in [0, 0.05) is 5.56 Å². The van der Waals surface area contributed by atoms with Crippen molar-refractivity contribution in [3.63, 3.8) is 0 Å². The standard InChI is InChI=1S/C11H11NO3/c1-7-3-9(4-12-5-13)11-10(8(7)2)14-6-15-11/h3H,4,6H2,1-2H3. The van der Waals surface area contributed by atoms with Crippen molar-refractivity contribution in [1.82, 2.24) is 0 Å². The van der Waals surface area contributed by atoms with Crippen molar-refractivity contribution in [3.8, 4) is 11.5 Å². The number of nitrogens with zero attached hydrogens (tertiary/aromatic N) is 1. The lowest BCUT2D eigenvalue weighted by Crippen LogP contribution is -1.94. The van der Waals surface area contributed by atoms with Gasteiger partial charge in [-0.15, -0.1) is 0 Å². The lowest BCUT2D eigenvalue weighted by atomic mass is 10.0. The van der Waals surface area contributed by atoms with E-state index in [4.69, 9.17) is 9.47 Å². The third kappa shape index (κ3) is 1.60. The first kappa shape index (κ1) is 9.74. The second-order valence-corrected chi connectivity index (χ2v) is 3.45. The van der Waals surface area contributed by atoms with Gasteiger partial charge in [-0.3, -0.25) is 0 Å². The zero-order chi connectivity index (χ0) is 10.8. The van der Waals surface area contributed by atoms with Crippen LogP contribution in [-0.4, -0.2) is 12.9 Å². The van der Waals surface area contributed by atoms with Gasteiger partial charge in [-0.05, 0) is 31.0 Å². The minimum atomic E-state index is 0.234. The number of hydrogen-bond donors (Lipinski definition) is 0. The molecule has 0 bridgehead atoms. The molecular formula is C11H11NO3. The molecule has 4 nitrogen and oxygen atoms in total. The topological polar surface area (TPSA) is 47.9 Å². The van der Waals surface area contributed by atoms with Crippen LogP contribution in [0.5, 0.6) is 11.5 Å². The Labute approximate surface area is 87.5 Å². The average molecular weight is 205 g/mol. The summed E-state index contributed by atoms with van der Waals surface area (Å²) in [5, 5.41) is 0. The summed E-state index contributed by atoms with van der Waals surface area (Å²) < 4.78 is 10.7. The van der Waals surface area contributed by atoms with E-state index in [2.05, 4.69) is 4.99 Å². The Morgan fingerprint density at radius 1 is 1.40 bits per heavy atom. The minimum Gasteiger partial charge on any atom is -0.453 e. The zero-order valence-electron chi connectivity index (χ0n) is 8.66. The van der Waals surface area contributed by atoms with E-state index in [9.17, 15) is 4.79 Å². The molecule has 0 saturated carbocycles. The highest BCUT2D eigenvalue weighted by Gasteiger charge is 2.21. The Balaban J connectivity index is 2.51. The van der Waals surface area contributed by atoms with Crippen LogP contribution in [0.4, 0.5) is 0 Å². The Bertz CT molecular complexity index is 448. The van der Waals surface area contributed by atoms with Crippen LogP contribution >= 0.6 is 0 Å². The van der Waals surface area contributed by atoms with Gasteiger partial charge in [-0.25, -0.2) is 9.79 Å². The number of aliphatic imine (C=N–C) groups is 1. The van der Waals surface area contributed by atoms with Crippen LogP contribution in [0, 0.1) is 13.8 Å². The third-order valence-electron chi connectivity index (χ3n) is 2.54. The van der Waals surface area contributed by atoms with Crippen molar-refractivity contribution in [2.24, 2.45) is 4.99 Å². The van der Waals surface area contributed by atoms with Crippen LogP contribution in [0.3, 0.4) is 0 Å². The predicted octanol–water partition coefficient (Wildman–Crippen LogP) is 1.87. The SMILES string of the molecule is Cc1cc(CN=C=O)c2c(c1C)OCO2. The molecule has 0 amide bonds. The summed E-state index contributed by atoms with van der Waals surface area (Å²) >= 11 is 0. The summed E-state index contributed by atoms with van der Waals surface area (Å²) in [7, 11) is 0. The number of carbonyl (C=O) groups excluding carboxylic acids is 1. The summed E-state index contributed by atoms with van der Waals surface area (Å²) in [4.78, 5) is 13.6. The predicted molar refractivity (Wildman–Crippen MR) is 53.9 cm³/mol. The summed E-state index contributed by atoms with van der Waals surface area (Å²) in [5.74, 6) is 1.48. The molecule has 2 rings (SSSR count). The molecule has 1 aliphatic rings. The van der Waals surface area contributed by atoms with Crippen molar-refractivity contribution in [3.05, 3.63) is 22.8 Å². The van der Waals surface area contributed by atoms with E-state index in [-0.39, 0.29) is 13.3 Å². The molecule has 0 N–H and O–H groups in total. The summed E-state index contributed by atoms with van der Waals surface area (Å²) in [6.07, 6.45) is 1.52. The van der Waals surface area contributed by atoms with Crippen molar-refractivity contribution in [1.29, 1.82) is 0 Å². The number of ether oxygens (including phenoxy) is 2. The van der Waals surface area contributed by atoms with Crippen molar-refractivity contribution in [2.75, 3.05) is 6.79 Å². The Morgan fingerprint density at radius 3 is 2.87 bits per heavy atom. The Morgan fingerprint density at radius 2 is 2.13 bits per heavy atom. The molecule has 0 atom stereocenters. The molecule has 0 fully saturated rings. The van der Waals surface area contributed by atoms with Crippen molar-refractivity contribution >= 4 is 6.08 Å². The van der Waals surface area contributed by atoms with E-state index in [1.807, 2.05) is 19.9 Å². The van der Waals surface area contributed by atoms with Gasteiger partial charge in [0.15, 0.2) is 11.5 Å². The molecule has 0 saturated heterocycles. The Kier molecular flexibility index (Phi) is 2.44. The number of benzene rings is 1. The molecule has 4 heteroatoms. The van der Waals surface area contributed by atoms with Gasteiger partial charge in [-0.1, -0.05) is 0 Å². The van der Waals surface area contributed by atoms with Crippen LogP contribution < -0.4 is 9.47 Å². The van der Waals surface area contributed by atoms with E-state index < -0.39 is 0 Å². The molecule has 0 radical (unpaired) electrons. The highest BCUT2D eigenvalue weighted by molar-refractivity contribution is 5.56. The van der Waals surface area contributed by atoms with Crippen LogP contribution in [-0.2, 0) is 11.3 Å². The van der Waals surface area contributed by atoms with Crippen molar-refractivity contribution < 1.29 is 14.3 Å². The van der Waals surface area contributed by atoms with Crippen LogP contribution in [0.15, 0.2) is 11.1 Å². The first-order valence-electron chi connectivity index (χ1n) is 4.66. The lowest BCUT2D eigenvalue weighted by Gasteiger charge is -2.08. The molecule has 15 heavy (non-hydrogen) atoms. The monoisotopic (exact) mass is 205 g/mol. The van der Waals surface area contributed by atoms with E-state index in [1.54, 1.807) is 0 Å². The highest BCUT2D eigenvalue weighted by Crippen LogP contribution is 2.40. The molecular weight excluding hydrogens is 194 g/mol. The first-order valence-corrected chi connectivity index (χ1v) is 4.66. The zero-order valence-corrected chi connectivity index (χ0v) is 8.66. The Hall–Kier alpha value is -1.80. The summed E-state index contributed by atoms with van der Waals surface area (Å²) in [6, 6.07) is 1.96. The van der Waals surface area contributed by atoms with Gasteiger partial charge in [0.2, 0.25) is 12.9 Å². The fourth-order valence-electron chi connectivity index (χ4n) is 1.64. The maximum atomic E-state index is 10.1. The maximum Gasteiger partial charge on any atom is 0.235 e. The van der Waals surface area contributed by atoms with Crippen LogP contribution in [0.2, 0.25) is 0 Å². The summed E-state index contributed by atoms with van der Waals surface area (Å²) in [5.41, 5.74) is 3.05. The molecule has 0 aliphatic carbocycles. The van der Waals surface area contributed by atoms with Crippen molar-refractivity contribution in [2.45, 2.75) is 20.4 Å². The largest absolute Gasteiger partial charge is 0.453 e. The first-order chi connectivity index (χ1) is 7.24. The minimum absolute atomic E-state index is 0.234. The molecule has 0 spiro atoms. The third-order valence-corrected chi connectivity index (χ3v) is 2.54. The number of isocyanates is 1. The van der Waals surface area contributed by atoms with E-state index >= 15 is 0 Å². The normalized spacial score (nSPS) is 12.4. The van der Waals surface area contributed by atoms with Crippen LogP contribution in [0.25, 0.3) is 0 Å². The van der Waals surface area contributed by atoms with E-state index in [1.165, 1.54) is 6.08 Å². The second kappa shape index (κ2) is 3.75. The smallest absolute Gasteiger partial charge is 0.235 e. The van der Waals surface area contributed by atoms with E-state index in [0.29, 0.717) is 5.75 Å². The molecule has 1 heterocycles. The van der Waals surface area contributed by atoms with Gasteiger partial charge < -0.3 is 9.47 Å². The molecule has 1 aromatic carbocycles. The summed E-state index contributed by atoms with van der Waals surface area (Å²) in [6.45, 7) is 4.49. The van der Waals surface area contributed by atoms with Gasteiger partial charge in [-0.2, -0.15) is 0 Å².